The van der Waals surface area contributed by atoms with Gasteiger partial charge < -0.3 is 10.8 Å². The number of thiophene rings is 1. The minimum atomic E-state index is 0.302. The van der Waals surface area contributed by atoms with Gasteiger partial charge in [-0.05, 0) is 53.7 Å². The molecule has 1 aliphatic rings. The number of aliphatic hydroxyl groups is 1. The molecule has 102 valence electrons. The van der Waals surface area contributed by atoms with Gasteiger partial charge >= 0.3 is 0 Å². The summed E-state index contributed by atoms with van der Waals surface area (Å²) in [5.74, 6) is 0.626. The predicted molar refractivity (Wildman–Crippen MR) is 79.8 cm³/mol. The van der Waals surface area contributed by atoms with Crippen LogP contribution in [-0.4, -0.2) is 36.2 Å². The summed E-state index contributed by atoms with van der Waals surface area (Å²) in [5.41, 5.74) is 5.96. The molecule has 2 unspecified atom stereocenters. The molecular weight excluding hydrogens is 312 g/mol. The molecule has 1 aromatic heterocycles. The van der Waals surface area contributed by atoms with E-state index in [1.165, 1.54) is 17.7 Å². The fourth-order valence-corrected chi connectivity index (χ4v) is 4.34. The van der Waals surface area contributed by atoms with E-state index in [1.807, 2.05) is 0 Å². The number of hydrogen-bond donors (Lipinski definition) is 2. The van der Waals surface area contributed by atoms with Crippen molar-refractivity contribution in [3.05, 3.63) is 20.8 Å². The van der Waals surface area contributed by atoms with Crippen molar-refractivity contribution >= 4 is 27.3 Å². The van der Waals surface area contributed by atoms with E-state index in [-0.39, 0.29) is 0 Å². The summed E-state index contributed by atoms with van der Waals surface area (Å²) >= 11 is 5.28. The SMILES string of the molecule is NCC(c1cc(Br)cs1)N1CCCC(CCO)C1. The van der Waals surface area contributed by atoms with Crippen molar-refractivity contribution in [1.29, 1.82) is 0 Å². The van der Waals surface area contributed by atoms with Gasteiger partial charge in [-0.15, -0.1) is 11.3 Å². The van der Waals surface area contributed by atoms with Gasteiger partial charge in [-0.3, -0.25) is 4.90 Å². The molecule has 1 aromatic rings. The molecule has 0 aromatic carbocycles. The van der Waals surface area contributed by atoms with Crippen LogP contribution in [0.3, 0.4) is 0 Å². The molecule has 1 fully saturated rings. The standard InChI is InChI=1S/C13H21BrN2OS/c14-11-6-13(18-9-11)12(7-15)16-4-1-2-10(8-16)3-5-17/h6,9-10,12,17H,1-5,7-8,15H2. The fourth-order valence-electron chi connectivity index (χ4n) is 2.75. The Kier molecular flexibility index (Phi) is 5.63. The Morgan fingerprint density at radius 2 is 2.44 bits per heavy atom. The van der Waals surface area contributed by atoms with Crippen LogP contribution in [0.1, 0.15) is 30.2 Å². The number of likely N-dealkylation sites (tertiary alicyclic amines) is 1. The maximum Gasteiger partial charge on any atom is 0.0564 e. The van der Waals surface area contributed by atoms with Crippen LogP contribution < -0.4 is 5.73 Å². The Labute approximate surface area is 121 Å². The molecule has 3 nitrogen and oxygen atoms in total. The van der Waals surface area contributed by atoms with Gasteiger partial charge in [-0.25, -0.2) is 0 Å². The van der Waals surface area contributed by atoms with Crippen LogP contribution in [-0.2, 0) is 0 Å². The second kappa shape index (κ2) is 7.01. The number of piperidine rings is 1. The Balaban J connectivity index is 2.03. The second-order valence-electron chi connectivity index (χ2n) is 4.93. The highest BCUT2D eigenvalue weighted by Crippen LogP contribution is 2.32. The highest BCUT2D eigenvalue weighted by atomic mass is 79.9. The number of aliphatic hydroxyl groups excluding tert-OH is 1. The van der Waals surface area contributed by atoms with Crippen molar-refractivity contribution in [1.82, 2.24) is 4.90 Å². The molecule has 0 aliphatic carbocycles. The molecule has 5 heteroatoms. The third-order valence-electron chi connectivity index (χ3n) is 3.67. The number of nitrogens with zero attached hydrogens (tertiary/aromatic N) is 1. The quantitative estimate of drug-likeness (QED) is 0.871. The maximum atomic E-state index is 9.07. The van der Waals surface area contributed by atoms with E-state index in [9.17, 15) is 0 Å². The smallest absolute Gasteiger partial charge is 0.0564 e. The monoisotopic (exact) mass is 332 g/mol. The van der Waals surface area contributed by atoms with E-state index >= 15 is 0 Å². The molecule has 1 saturated heterocycles. The van der Waals surface area contributed by atoms with Crippen LogP contribution in [0.2, 0.25) is 0 Å². The predicted octanol–water partition coefficient (Wildman–Crippen LogP) is 2.60. The minimum Gasteiger partial charge on any atom is -0.396 e. The zero-order chi connectivity index (χ0) is 13.0. The van der Waals surface area contributed by atoms with Gasteiger partial charge in [0.15, 0.2) is 0 Å². The van der Waals surface area contributed by atoms with Crippen LogP contribution in [0.15, 0.2) is 15.9 Å². The average Bonchev–Trinajstić information content (AvgIpc) is 2.78. The summed E-state index contributed by atoms with van der Waals surface area (Å²) in [5, 5.41) is 11.2. The molecule has 18 heavy (non-hydrogen) atoms. The van der Waals surface area contributed by atoms with Crippen molar-refractivity contribution in [2.45, 2.75) is 25.3 Å². The number of hydrogen-bond acceptors (Lipinski definition) is 4. The van der Waals surface area contributed by atoms with Crippen LogP contribution in [0.4, 0.5) is 0 Å². The Morgan fingerprint density at radius 3 is 3.06 bits per heavy atom. The summed E-state index contributed by atoms with van der Waals surface area (Å²) in [4.78, 5) is 3.83. The molecule has 0 spiro atoms. The fraction of sp³-hybridized carbons (Fsp3) is 0.692. The zero-order valence-corrected chi connectivity index (χ0v) is 12.9. The van der Waals surface area contributed by atoms with Gasteiger partial charge in [-0.1, -0.05) is 0 Å². The van der Waals surface area contributed by atoms with Gasteiger partial charge in [0, 0.05) is 34.4 Å². The molecule has 3 N–H and O–H groups in total. The number of rotatable bonds is 5. The highest BCUT2D eigenvalue weighted by molar-refractivity contribution is 9.10. The summed E-state index contributed by atoms with van der Waals surface area (Å²) in [6, 6.07) is 2.51. The Bertz CT molecular complexity index is 370. The molecule has 1 aliphatic heterocycles. The van der Waals surface area contributed by atoms with E-state index in [1.54, 1.807) is 11.3 Å². The summed E-state index contributed by atoms with van der Waals surface area (Å²) in [6.45, 7) is 3.16. The van der Waals surface area contributed by atoms with Crippen LogP contribution in [0.5, 0.6) is 0 Å². The van der Waals surface area contributed by atoms with Gasteiger partial charge in [0.1, 0.15) is 0 Å². The molecule has 2 rings (SSSR count). The second-order valence-corrected chi connectivity index (χ2v) is 6.79. The first-order valence-electron chi connectivity index (χ1n) is 6.53. The van der Waals surface area contributed by atoms with Crippen LogP contribution in [0.25, 0.3) is 0 Å². The first kappa shape index (κ1) is 14.5. The topological polar surface area (TPSA) is 49.5 Å². The molecule has 2 atom stereocenters. The molecule has 0 amide bonds. The molecule has 0 bridgehead atoms. The van der Waals surface area contributed by atoms with Crippen molar-refractivity contribution in [2.24, 2.45) is 11.7 Å². The van der Waals surface area contributed by atoms with Crippen molar-refractivity contribution < 1.29 is 5.11 Å². The van der Waals surface area contributed by atoms with Crippen molar-refractivity contribution in [3.8, 4) is 0 Å². The molecular formula is C13H21BrN2OS. The largest absolute Gasteiger partial charge is 0.396 e. The maximum absolute atomic E-state index is 9.07. The van der Waals surface area contributed by atoms with E-state index < -0.39 is 0 Å². The average molecular weight is 333 g/mol. The Hall–Kier alpha value is 0.0600. The van der Waals surface area contributed by atoms with Gasteiger partial charge in [0.05, 0.1) is 6.04 Å². The van der Waals surface area contributed by atoms with E-state index in [2.05, 4.69) is 32.3 Å². The van der Waals surface area contributed by atoms with Crippen LogP contribution >= 0.6 is 27.3 Å². The lowest BCUT2D eigenvalue weighted by Crippen LogP contribution is -2.41. The molecule has 0 saturated carbocycles. The first-order chi connectivity index (χ1) is 8.74. The summed E-state index contributed by atoms with van der Waals surface area (Å²) in [6.07, 6.45) is 3.37. The lowest BCUT2D eigenvalue weighted by atomic mass is 9.94. The summed E-state index contributed by atoms with van der Waals surface area (Å²) in [7, 11) is 0. The number of nitrogens with two attached hydrogens (primary N) is 1. The third-order valence-corrected chi connectivity index (χ3v) is 5.46. The molecule has 2 heterocycles. The van der Waals surface area contributed by atoms with E-state index in [0.717, 1.165) is 24.0 Å². The van der Waals surface area contributed by atoms with Gasteiger partial charge in [0.2, 0.25) is 0 Å². The number of halogens is 1. The minimum absolute atomic E-state index is 0.302. The van der Waals surface area contributed by atoms with E-state index in [0.29, 0.717) is 25.1 Å². The van der Waals surface area contributed by atoms with Gasteiger partial charge in [-0.2, -0.15) is 0 Å². The van der Waals surface area contributed by atoms with Crippen molar-refractivity contribution in [2.75, 3.05) is 26.2 Å². The lowest BCUT2D eigenvalue weighted by Gasteiger charge is -2.37. The normalized spacial score (nSPS) is 23.2. The van der Waals surface area contributed by atoms with Crippen molar-refractivity contribution in [3.63, 3.8) is 0 Å². The van der Waals surface area contributed by atoms with Gasteiger partial charge in [0.25, 0.3) is 0 Å². The third kappa shape index (κ3) is 3.54. The van der Waals surface area contributed by atoms with E-state index in [4.69, 9.17) is 10.8 Å². The lowest BCUT2D eigenvalue weighted by molar-refractivity contribution is 0.111. The van der Waals surface area contributed by atoms with Crippen LogP contribution in [0, 0.1) is 5.92 Å². The first-order valence-corrected chi connectivity index (χ1v) is 8.20. The molecule has 0 radical (unpaired) electrons. The Morgan fingerprint density at radius 1 is 1.61 bits per heavy atom. The zero-order valence-electron chi connectivity index (χ0n) is 10.5. The summed E-state index contributed by atoms with van der Waals surface area (Å²) < 4.78 is 1.14. The highest BCUT2D eigenvalue weighted by Gasteiger charge is 2.26.